The Bertz CT molecular complexity index is 842. The summed E-state index contributed by atoms with van der Waals surface area (Å²) in [5.74, 6) is -5.06. The monoisotopic (exact) mass is 342 g/mol. The Balaban J connectivity index is 1.99. The summed E-state index contributed by atoms with van der Waals surface area (Å²) in [5.41, 5.74) is 0.490. The van der Waals surface area contributed by atoms with Gasteiger partial charge in [0.15, 0.2) is 15.7 Å². The van der Waals surface area contributed by atoms with Crippen molar-refractivity contribution >= 4 is 15.5 Å². The molecule has 0 unspecified atom stereocenters. The van der Waals surface area contributed by atoms with Crippen LogP contribution in [0.1, 0.15) is 5.56 Å². The van der Waals surface area contributed by atoms with Gasteiger partial charge in [-0.15, -0.1) is 0 Å². The average molecular weight is 342 g/mol. The first-order valence-corrected chi connectivity index (χ1v) is 8.61. The molecule has 0 atom stereocenters. The first kappa shape index (κ1) is 15.8. The van der Waals surface area contributed by atoms with Gasteiger partial charge in [0.25, 0.3) is 5.95 Å². The molecule has 122 valence electrons. The van der Waals surface area contributed by atoms with Gasteiger partial charge in [-0.3, -0.25) is 0 Å². The predicted molar refractivity (Wildman–Crippen MR) is 78.5 cm³/mol. The molecule has 3 rings (SSSR count). The lowest BCUT2D eigenvalue weighted by molar-refractivity contribution is 0.425. The maximum atomic E-state index is 14.0. The zero-order chi connectivity index (χ0) is 16.6. The van der Waals surface area contributed by atoms with Crippen molar-refractivity contribution in [2.75, 3.05) is 23.7 Å². The second-order valence-electron chi connectivity index (χ2n) is 5.23. The van der Waals surface area contributed by atoms with Crippen molar-refractivity contribution in [3.05, 3.63) is 53.6 Å². The van der Waals surface area contributed by atoms with E-state index >= 15 is 0 Å². The fourth-order valence-corrected chi connectivity index (χ4v) is 4.14. The van der Waals surface area contributed by atoms with Gasteiger partial charge >= 0.3 is 0 Å². The molecule has 1 aliphatic heterocycles. The van der Waals surface area contributed by atoms with E-state index in [1.54, 1.807) is 0 Å². The summed E-state index contributed by atoms with van der Waals surface area (Å²) in [6.07, 6.45) is 0.513. The van der Waals surface area contributed by atoms with Crippen molar-refractivity contribution in [1.82, 2.24) is 4.98 Å². The van der Waals surface area contributed by atoms with Crippen LogP contribution in [0, 0.1) is 17.7 Å². The fourth-order valence-electron chi connectivity index (χ4n) is 2.61. The van der Waals surface area contributed by atoms with Crippen molar-refractivity contribution in [3.8, 4) is 0 Å². The number of hydrogen-bond acceptors (Lipinski definition) is 4. The molecule has 8 heteroatoms. The lowest BCUT2D eigenvalue weighted by Crippen LogP contribution is -2.38. The molecule has 0 saturated heterocycles. The lowest BCUT2D eigenvalue weighted by atomic mass is 10.1. The van der Waals surface area contributed by atoms with Gasteiger partial charge in [0, 0.05) is 13.1 Å². The maximum Gasteiger partial charge on any atom is 0.253 e. The molecule has 0 fully saturated rings. The Kier molecular flexibility index (Phi) is 4.01. The minimum absolute atomic E-state index is 0.00579. The number of rotatable bonds is 3. The number of hydrogen-bond donors (Lipinski definition) is 0. The van der Waals surface area contributed by atoms with Gasteiger partial charge in [-0.25, -0.2) is 12.8 Å². The second kappa shape index (κ2) is 5.84. The Labute approximate surface area is 131 Å². The van der Waals surface area contributed by atoms with Crippen LogP contribution >= 0.6 is 0 Å². The van der Waals surface area contributed by atoms with Crippen LogP contribution in [0.25, 0.3) is 0 Å². The molecule has 2 aromatic rings. The van der Waals surface area contributed by atoms with E-state index in [1.165, 1.54) is 4.90 Å². The van der Waals surface area contributed by atoms with E-state index in [-0.39, 0.29) is 13.1 Å². The molecule has 0 spiro atoms. The summed E-state index contributed by atoms with van der Waals surface area (Å²) in [7, 11) is -4.07. The number of benzene rings is 1. The highest BCUT2D eigenvalue weighted by Gasteiger charge is 2.36. The first-order valence-electron chi connectivity index (χ1n) is 6.96. The van der Waals surface area contributed by atoms with Crippen LogP contribution in [0.2, 0.25) is 0 Å². The molecule has 0 aliphatic carbocycles. The zero-order valence-corrected chi connectivity index (χ0v) is 12.8. The summed E-state index contributed by atoms with van der Waals surface area (Å²) < 4.78 is 65.2. The molecular weight excluding hydrogens is 329 g/mol. The second-order valence-corrected chi connectivity index (χ2v) is 7.27. The van der Waals surface area contributed by atoms with Crippen LogP contribution in [-0.4, -0.2) is 32.2 Å². The first-order chi connectivity index (χ1) is 10.9. The van der Waals surface area contributed by atoms with E-state index in [9.17, 15) is 21.6 Å². The molecule has 0 saturated carbocycles. The van der Waals surface area contributed by atoms with Crippen LogP contribution in [0.5, 0.6) is 0 Å². The molecule has 0 radical (unpaired) electrons. The maximum absolute atomic E-state index is 14.0. The Morgan fingerprint density at radius 3 is 2.48 bits per heavy atom. The highest BCUT2D eigenvalue weighted by Crippen LogP contribution is 2.35. The minimum Gasteiger partial charge on any atom is -0.365 e. The van der Waals surface area contributed by atoms with Gasteiger partial charge in [-0.2, -0.15) is 13.8 Å². The number of nitrogens with zero attached hydrogens (tertiary/aromatic N) is 2. The molecule has 2 heterocycles. The Morgan fingerprint density at radius 1 is 1.09 bits per heavy atom. The highest BCUT2D eigenvalue weighted by atomic mass is 32.2. The van der Waals surface area contributed by atoms with Gasteiger partial charge in [0.1, 0.15) is 10.6 Å². The van der Waals surface area contributed by atoms with E-state index in [2.05, 4.69) is 4.98 Å². The third kappa shape index (κ3) is 2.90. The molecule has 0 bridgehead atoms. The van der Waals surface area contributed by atoms with Crippen molar-refractivity contribution < 1.29 is 21.6 Å². The molecule has 1 aromatic carbocycles. The van der Waals surface area contributed by atoms with Crippen molar-refractivity contribution in [2.45, 2.75) is 11.3 Å². The van der Waals surface area contributed by atoms with Gasteiger partial charge < -0.3 is 4.90 Å². The van der Waals surface area contributed by atoms with Crippen LogP contribution < -0.4 is 4.90 Å². The van der Waals surface area contributed by atoms with Crippen LogP contribution in [0.4, 0.5) is 18.9 Å². The summed E-state index contributed by atoms with van der Waals surface area (Å²) in [6, 6.07) is 9.30. The van der Waals surface area contributed by atoms with Crippen molar-refractivity contribution in [2.24, 2.45) is 0 Å². The van der Waals surface area contributed by atoms with Crippen LogP contribution in [0.15, 0.2) is 35.2 Å². The van der Waals surface area contributed by atoms with Gasteiger partial charge in [-0.05, 0) is 12.0 Å². The van der Waals surface area contributed by atoms with E-state index in [0.29, 0.717) is 6.42 Å². The predicted octanol–water partition coefficient (Wildman–Crippen LogP) is 2.34. The quantitative estimate of drug-likeness (QED) is 0.804. The average Bonchev–Trinajstić information content (AvgIpc) is 2.52. The lowest BCUT2D eigenvalue weighted by Gasteiger charge is -2.31. The number of aromatic nitrogens is 1. The summed E-state index contributed by atoms with van der Waals surface area (Å²) in [4.78, 5) is 3.31. The fraction of sp³-hybridized carbons (Fsp3) is 0.267. The van der Waals surface area contributed by atoms with E-state index in [1.807, 2.05) is 30.3 Å². The molecule has 0 N–H and O–H groups in total. The van der Waals surface area contributed by atoms with E-state index in [4.69, 9.17) is 0 Å². The Morgan fingerprint density at radius 2 is 1.78 bits per heavy atom. The third-order valence-corrected chi connectivity index (χ3v) is 5.47. The SMILES string of the molecule is O=S1(=O)CCN(CCc2ccccc2)c2c(F)nc(F)c(F)c21. The Hall–Kier alpha value is -2.09. The normalized spacial score (nSPS) is 16.2. The van der Waals surface area contributed by atoms with Gasteiger partial charge in [-0.1, -0.05) is 30.3 Å². The minimum atomic E-state index is -4.07. The zero-order valence-electron chi connectivity index (χ0n) is 12.0. The van der Waals surface area contributed by atoms with Crippen molar-refractivity contribution in [1.29, 1.82) is 0 Å². The molecule has 1 aliphatic rings. The molecule has 0 amide bonds. The number of sulfone groups is 1. The number of anilines is 1. The number of fused-ring (bicyclic) bond motifs is 1. The standard InChI is InChI=1S/C15H13F3N2O2S/c16-11-13-12(15(18)19-14(11)17)20(8-9-23(13,21)22)7-6-10-4-2-1-3-5-10/h1-5H,6-9H2. The van der Waals surface area contributed by atoms with E-state index in [0.717, 1.165) is 5.56 Å². The van der Waals surface area contributed by atoms with E-state index < -0.39 is 43.9 Å². The van der Waals surface area contributed by atoms with Gasteiger partial charge in [0.05, 0.1) is 5.75 Å². The highest BCUT2D eigenvalue weighted by molar-refractivity contribution is 7.91. The summed E-state index contributed by atoms with van der Waals surface area (Å²) >= 11 is 0. The third-order valence-electron chi connectivity index (χ3n) is 3.76. The van der Waals surface area contributed by atoms with Crippen LogP contribution in [-0.2, 0) is 16.3 Å². The topological polar surface area (TPSA) is 50.3 Å². The van der Waals surface area contributed by atoms with Crippen LogP contribution in [0.3, 0.4) is 0 Å². The smallest absolute Gasteiger partial charge is 0.253 e. The largest absolute Gasteiger partial charge is 0.365 e. The molecular formula is C15H13F3N2O2S. The molecule has 4 nitrogen and oxygen atoms in total. The summed E-state index contributed by atoms with van der Waals surface area (Å²) in [5, 5.41) is 0. The summed E-state index contributed by atoms with van der Waals surface area (Å²) in [6.45, 7) is 0.280. The molecule has 1 aromatic heterocycles. The number of halogens is 3. The van der Waals surface area contributed by atoms with Crippen molar-refractivity contribution in [3.63, 3.8) is 0 Å². The van der Waals surface area contributed by atoms with Gasteiger partial charge in [0.2, 0.25) is 5.95 Å². The molecule has 23 heavy (non-hydrogen) atoms. The number of pyridine rings is 1.